The van der Waals surface area contributed by atoms with Crippen molar-refractivity contribution < 1.29 is 9.59 Å². The monoisotopic (exact) mass is 285 g/mol. The standard InChI is InChI=1S/C16H19N3O2/c1-3-11(2)16(21)18-10-14(20)19-13-8-4-6-12-7-5-9-17-15(12)13/h4-9,11H,3,10H2,1-2H3,(H,18,21)(H,19,20). The molecule has 1 aromatic carbocycles. The highest BCUT2D eigenvalue weighted by Crippen LogP contribution is 2.20. The summed E-state index contributed by atoms with van der Waals surface area (Å²) < 4.78 is 0. The van der Waals surface area contributed by atoms with Crippen molar-refractivity contribution in [3.63, 3.8) is 0 Å². The normalized spacial score (nSPS) is 11.9. The zero-order valence-corrected chi connectivity index (χ0v) is 12.2. The molecule has 0 aliphatic rings. The van der Waals surface area contributed by atoms with Gasteiger partial charge in [0.25, 0.3) is 0 Å². The molecule has 2 rings (SSSR count). The lowest BCUT2D eigenvalue weighted by molar-refractivity contribution is -0.126. The summed E-state index contributed by atoms with van der Waals surface area (Å²) in [6, 6.07) is 9.37. The highest BCUT2D eigenvalue weighted by molar-refractivity contribution is 6.01. The van der Waals surface area contributed by atoms with Crippen molar-refractivity contribution in [3.8, 4) is 0 Å². The molecule has 0 fully saturated rings. The molecule has 21 heavy (non-hydrogen) atoms. The second-order valence-electron chi connectivity index (χ2n) is 4.96. The van der Waals surface area contributed by atoms with Gasteiger partial charge in [0.2, 0.25) is 11.8 Å². The number of nitrogens with zero attached hydrogens (tertiary/aromatic N) is 1. The van der Waals surface area contributed by atoms with Gasteiger partial charge in [-0.1, -0.05) is 32.0 Å². The van der Waals surface area contributed by atoms with E-state index < -0.39 is 0 Å². The van der Waals surface area contributed by atoms with Gasteiger partial charge in [-0.2, -0.15) is 0 Å². The minimum atomic E-state index is -0.259. The van der Waals surface area contributed by atoms with Crippen LogP contribution < -0.4 is 10.6 Å². The highest BCUT2D eigenvalue weighted by Gasteiger charge is 2.12. The van der Waals surface area contributed by atoms with Crippen molar-refractivity contribution in [1.82, 2.24) is 10.3 Å². The number of fused-ring (bicyclic) bond motifs is 1. The molecule has 1 heterocycles. The molecule has 5 nitrogen and oxygen atoms in total. The predicted octanol–water partition coefficient (Wildman–Crippen LogP) is 2.34. The summed E-state index contributed by atoms with van der Waals surface area (Å²) in [7, 11) is 0. The smallest absolute Gasteiger partial charge is 0.243 e. The van der Waals surface area contributed by atoms with Gasteiger partial charge >= 0.3 is 0 Å². The van der Waals surface area contributed by atoms with Crippen molar-refractivity contribution in [2.45, 2.75) is 20.3 Å². The number of pyridine rings is 1. The van der Waals surface area contributed by atoms with Gasteiger partial charge in [-0.15, -0.1) is 0 Å². The van der Waals surface area contributed by atoms with Gasteiger partial charge < -0.3 is 10.6 Å². The van der Waals surface area contributed by atoms with E-state index in [1.807, 2.05) is 38.1 Å². The number of carbonyl (C=O) groups excluding carboxylic acids is 2. The van der Waals surface area contributed by atoms with Gasteiger partial charge in [-0.05, 0) is 18.6 Å². The summed E-state index contributed by atoms with van der Waals surface area (Å²) in [4.78, 5) is 27.8. The van der Waals surface area contributed by atoms with Gasteiger partial charge in [0.15, 0.2) is 0 Å². The molecule has 1 unspecified atom stereocenters. The molecule has 0 aliphatic carbocycles. The van der Waals surface area contributed by atoms with E-state index in [4.69, 9.17) is 0 Å². The Hall–Kier alpha value is -2.43. The molecular formula is C16H19N3O2. The number of hydrogen-bond donors (Lipinski definition) is 2. The van der Waals surface area contributed by atoms with E-state index in [1.165, 1.54) is 0 Å². The van der Waals surface area contributed by atoms with Crippen molar-refractivity contribution in [1.29, 1.82) is 0 Å². The van der Waals surface area contributed by atoms with E-state index in [0.717, 1.165) is 17.3 Å². The third-order valence-electron chi connectivity index (χ3n) is 3.39. The summed E-state index contributed by atoms with van der Waals surface area (Å²) in [5.41, 5.74) is 1.39. The van der Waals surface area contributed by atoms with Gasteiger partial charge in [-0.3, -0.25) is 14.6 Å². The fourth-order valence-electron chi connectivity index (χ4n) is 1.93. The predicted molar refractivity (Wildman–Crippen MR) is 82.8 cm³/mol. The van der Waals surface area contributed by atoms with Crippen LogP contribution in [0.15, 0.2) is 36.5 Å². The third kappa shape index (κ3) is 3.78. The van der Waals surface area contributed by atoms with E-state index in [2.05, 4.69) is 15.6 Å². The van der Waals surface area contributed by atoms with Crippen LogP contribution >= 0.6 is 0 Å². The van der Waals surface area contributed by atoms with Crippen LogP contribution in [0.3, 0.4) is 0 Å². The Bertz CT molecular complexity index is 650. The maximum atomic E-state index is 11.9. The van der Waals surface area contributed by atoms with E-state index in [0.29, 0.717) is 5.69 Å². The third-order valence-corrected chi connectivity index (χ3v) is 3.39. The maximum absolute atomic E-state index is 11.9. The van der Waals surface area contributed by atoms with Crippen molar-refractivity contribution >= 4 is 28.4 Å². The van der Waals surface area contributed by atoms with Gasteiger partial charge in [0.1, 0.15) is 0 Å². The first-order chi connectivity index (χ1) is 10.1. The lowest BCUT2D eigenvalue weighted by Crippen LogP contribution is -2.35. The van der Waals surface area contributed by atoms with E-state index in [1.54, 1.807) is 12.3 Å². The second kappa shape index (κ2) is 6.83. The molecule has 0 bridgehead atoms. The van der Waals surface area contributed by atoms with Crippen molar-refractivity contribution in [2.75, 3.05) is 11.9 Å². The topological polar surface area (TPSA) is 71.1 Å². The quantitative estimate of drug-likeness (QED) is 0.885. The molecule has 110 valence electrons. The van der Waals surface area contributed by atoms with Crippen molar-refractivity contribution in [2.24, 2.45) is 5.92 Å². The Morgan fingerprint density at radius 2 is 2.00 bits per heavy atom. The van der Waals surface area contributed by atoms with Crippen LogP contribution in [0.1, 0.15) is 20.3 Å². The largest absolute Gasteiger partial charge is 0.347 e. The van der Waals surface area contributed by atoms with Crippen LogP contribution in [0.5, 0.6) is 0 Å². The van der Waals surface area contributed by atoms with E-state index >= 15 is 0 Å². The van der Waals surface area contributed by atoms with Gasteiger partial charge in [-0.25, -0.2) is 0 Å². The molecule has 1 atom stereocenters. The number of rotatable bonds is 5. The number of nitrogens with one attached hydrogen (secondary N) is 2. The Balaban J connectivity index is 2.00. The lowest BCUT2D eigenvalue weighted by Gasteiger charge is -2.11. The molecule has 0 saturated carbocycles. The summed E-state index contributed by atoms with van der Waals surface area (Å²) in [5, 5.41) is 6.37. The van der Waals surface area contributed by atoms with Gasteiger partial charge in [0, 0.05) is 17.5 Å². The number of para-hydroxylation sites is 1. The number of anilines is 1. The molecule has 0 spiro atoms. The number of amides is 2. The van der Waals surface area contributed by atoms with Crippen LogP contribution in [0, 0.1) is 5.92 Å². The number of carbonyl (C=O) groups is 2. The van der Waals surface area contributed by atoms with Gasteiger partial charge in [0.05, 0.1) is 17.7 Å². The first-order valence-corrected chi connectivity index (χ1v) is 7.03. The molecule has 5 heteroatoms. The average molecular weight is 285 g/mol. The molecular weight excluding hydrogens is 266 g/mol. The molecule has 0 aliphatic heterocycles. The average Bonchev–Trinajstić information content (AvgIpc) is 2.52. The summed E-state index contributed by atoms with van der Waals surface area (Å²) in [6.45, 7) is 3.74. The van der Waals surface area contributed by atoms with Crippen LogP contribution in [-0.2, 0) is 9.59 Å². The second-order valence-corrected chi connectivity index (χ2v) is 4.96. The summed E-state index contributed by atoms with van der Waals surface area (Å²) >= 11 is 0. The Labute approximate surface area is 123 Å². The SMILES string of the molecule is CCC(C)C(=O)NCC(=O)Nc1cccc2cccnc12. The first-order valence-electron chi connectivity index (χ1n) is 7.03. The Morgan fingerprint density at radius 3 is 2.76 bits per heavy atom. The summed E-state index contributed by atoms with van der Waals surface area (Å²) in [6.07, 6.45) is 2.43. The molecule has 0 radical (unpaired) electrons. The zero-order chi connectivity index (χ0) is 15.2. The minimum absolute atomic E-state index is 0.0353. The molecule has 1 aromatic heterocycles. The summed E-state index contributed by atoms with van der Waals surface area (Å²) in [5.74, 6) is -0.453. The maximum Gasteiger partial charge on any atom is 0.243 e. The Kier molecular flexibility index (Phi) is 4.87. The fraction of sp³-hybridized carbons (Fsp3) is 0.312. The zero-order valence-electron chi connectivity index (χ0n) is 12.2. The Morgan fingerprint density at radius 1 is 1.24 bits per heavy atom. The molecule has 0 saturated heterocycles. The van der Waals surface area contributed by atoms with Crippen molar-refractivity contribution in [3.05, 3.63) is 36.5 Å². The number of benzene rings is 1. The van der Waals surface area contributed by atoms with E-state index in [9.17, 15) is 9.59 Å². The number of aromatic nitrogens is 1. The van der Waals surface area contributed by atoms with Crippen LogP contribution in [0.2, 0.25) is 0 Å². The van der Waals surface area contributed by atoms with E-state index in [-0.39, 0.29) is 24.3 Å². The van der Waals surface area contributed by atoms with Crippen LogP contribution in [0.25, 0.3) is 10.9 Å². The minimum Gasteiger partial charge on any atom is -0.347 e. The molecule has 2 aromatic rings. The van der Waals surface area contributed by atoms with Crippen LogP contribution in [0.4, 0.5) is 5.69 Å². The number of hydrogen-bond acceptors (Lipinski definition) is 3. The first kappa shape index (κ1) is 15.0. The fourth-order valence-corrected chi connectivity index (χ4v) is 1.93. The molecule has 2 N–H and O–H groups in total. The lowest BCUT2D eigenvalue weighted by atomic mass is 10.1. The highest BCUT2D eigenvalue weighted by atomic mass is 16.2. The van der Waals surface area contributed by atoms with Crippen LogP contribution in [-0.4, -0.2) is 23.3 Å². The molecule has 2 amide bonds.